The normalized spacial score (nSPS) is 23.4. The van der Waals surface area contributed by atoms with Crippen molar-refractivity contribution in [3.63, 3.8) is 0 Å². The van der Waals surface area contributed by atoms with Crippen molar-refractivity contribution in [2.75, 3.05) is 44.8 Å². The number of aromatic nitrogens is 2. The Balaban J connectivity index is 0.000000318. The van der Waals surface area contributed by atoms with Crippen LogP contribution in [-0.4, -0.2) is 77.7 Å². The predicted octanol–water partition coefficient (Wildman–Crippen LogP) is 2.48. The van der Waals surface area contributed by atoms with Crippen molar-refractivity contribution in [1.82, 2.24) is 14.9 Å². The quantitative estimate of drug-likeness (QED) is 0.733. The second-order valence-electron chi connectivity index (χ2n) is 7.66. The SMILES string of the molecule is O=C(O)C(F)(F)F.c1cc(NC2CCOCC2)nc(C2COCCN2CC2CC2)n1. The van der Waals surface area contributed by atoms with Gasteiger partial charge in [0, 0.05) is 38.5 Å². The van der Waals surface area contributed by atoms with Gasteiger partial charge in [-0.25, -0.2) is 14.8 Å². The number of carbonyl (C=O) groups is 1. The number of morpholine rings is 1. The summed E-state index contributed by atoms with van der Waals surface area (Å²) in [6.07, 6.45) is 1.61. The lowest BCUT2D eigenvalue weighted by Gasteiger charge is -2.34. The van der Waals surface area contributed by atoms with Crippen molar-refractivity contribution in [3.8, 4) is 0 Å². The maximum atomic E-state index is 10.6. The molecule has 4 rings (SSSR count). The summed E-state index contributed by atoms with van der Waals surface area (Å²) < 4.78 is 42.9. The number of carboxylic acid groups (broad SMARTS) is 1. The Hall–Kier alpha value is -1.98. The molecule has 3 fully saturated rings. The molecule has 1 saturated carbocycles. The minimum absolute atomic E-state index is 0.195. The molecule has 0 aromatic carbocycles. The molecular weight excluding hydrogens is 405 g/mol. The van der Waals surface area contributed by atoms with Crippen molar-refractivity contribution < 1.29 is 32.5 Å². The first kappa shape index (κ1) is 22.7. The third-order valence-corrected chi connectivity index (χ3v) is 5.22. The van der Waals surface area contributed by atoms with Crippen LogP contribution in [0.25, 0.3) is 0 Å². The molecule has 1 atom stereocenters. The molecular formula is C19H27F3N4O4. The third-order valence-electron chi connectivity index (χ3n) is 5.22. The van der Waals surface area contributed by atoms with Crippen LogP contribution in [0, 0.1) is 5.92 Å². The van der Waals surface area contributed by atoms with Gasteiger partial charge in [-0.1, -0.05) is 0 Å². The fourth-order valence-electron chi connectivity index (χ4n) is 3.39. The lowest BCUT2D eigenvalue weighted by atomic mass is 10.1. The van der Waals surface area contributed by atoms with Gasteiger partial charge in [0.1, 0.15) is 11.6 Å². The van der Waals surface area contributed by atoms with E-state index in [4.69, 9.17) is 24.4 Å². The van der Waals surface area contributed by atoms with E-state index in [0.717, 1.165) is 63.3 Å². The van der Waals surface area contributed by atoms with Crippen molar-refractivity contribution in [3.05, 3.63) is 18.1 Å². The topological polar surface area (TPSA) is 96.8 Å². The van der Waals surface area contributed by atoms with E-state index in [1.54, 1.807) is 0 Å². The molecule has 0 amide bonds. The van der Waals surface area contributed by atoms with Crippen molar-refractivity contribution in [2.45, 2.75) is 43.9 Å². The Morgan fingerprint density at radius 1 is 1.20 bits per heavy atom. The molecule has 0 radical (unpaired) electrons. The largest absolute Gasteiger partial charge is 0.490 e. The van der Waals surface area contributed by atoms with E-state index in [2.05, 4.69) is 15.2 Å². The van der Waals surface area contributed by atoms with Crippen LogP contribution in [0.5, 0.6) is 0 Å². The van der Waals surface area contributed by atoms with Crippen LogP contribution in [0.3, 0.4) is 0 Å². The van der Waals surface area contributed by atoms with E-state index in [1.807, 2.05) is 12.3 Å². The second kappa shape index (κ2) is 10.4. The lowest BCUT2D eigenvalue weighted by molar-refractivity contribution is -0.192. The number of anilines is 1. The first-order chi connectivity index (χ1) is 14.3. The summed E-state index contributed by atoms with van der Waals surface area (Å²) in [4.78, 5) is 20.7. The number of carboxylic acids is 1. The van der Waals surface area contributed by atoms with E-state index < -0.39 is 12.1 Å². The van der Waals surface area contributed by atoms with E-state index in [9.17, 15) is 13.2 Å². The molecule has 3 aliphatic rings. The van der Waals surface area contributed by atoms with Gasteiger partial charge in [0.25, 0.3) is 0 Å². The molecule has 2 aliphatic heterocycles. The Labute approximate surface area is 172 Å². The molecule has 3 heterocycles. The van der Waals surface area contributed by atoms with Crippen LogP contribution < -0.4 is 5.32 Å². The molecule has 2 saturated heterocycles. The first-order valence-corrected chi connectivity index (χ1v) is 10.1. The summed E-state index contributed by atoms with van der Waals surface area (Å²) in [5, 5.41) is 10.7. The second-order valence-corrected chi connectivity index (χ2v) is 7.66. The number of alkyl halides is 3. The first-order valence-electron chi connectivity index (χ1n) is 10.1. The predicted molar refractivity (Wildman–Crippen MR) is 101 cm³/mol. The minimum Gasteiger partial charge on any atom is -0.475 e. The Kier molecular flexibility index (Phi) is 7.84. The number of nitrogens with one attached hydrogen (secondary N) is 1. The molecule has 0 bridgehead atoms. The van der Waals surface area contributed by atoms with E-state index in [1.165, 1.54) is 12.8 Å². The fourth-order valence-corrected chi connectivity index (χ4v) is 3.39. The monoisotopic (exact) mass is 432 g/mol. The highest BCUT2D eigenvalue weighted by molar-refractivity contribution is 5.73. The summed E-state index contributed by atoms with van der Waals surface area (Å²) in [6, 6.07) is 2.62. The number of halogens is 3. The zero-order valence-corrected chi connectivity index (χ0v) is 16.6. The summed E-state index contributed by atoms with van der Waals surface area (Å²) in [6.45, 7) is 5.34. The molecule has 30 heavy (non-hydrogen) atoms. The van der Waals surface area contributed by atoms with Gasteiger partial charge in [-0.15, -0.1) is 0 Å². The number of ether oxygens (including phenoxy) is 2. The van der Waals surface area contributed by atoms with Gasteiger partial charge < -0.3 is 19.9 Å². The zero-order chi connectivity index (χ0) is 21.6. The van der Waals surface area contributed by atoms with Gasteiger partial charge in [0.05, 0.1) is 19.3 Å². The van der Waals surface area contributed by atoms with Crippen LogP contribution in [0.15, 0.2) is 12.3 Å². The smallest absolute Gasteiger partial charge is 0.475 e. The van der Waals surface area contributed by atoms with Crippen molar-refractivity contribution in [2.24, 2.45) is 5.92 Å². The summed E-state index contributed by atoms with van der Waals surface area (Å²) in [5.74, 6) is -0.0621. The Morgan fingerprint density at radius 2 is 1.90 bits per heavy atom. The van der Waals surface area contributed by atoms with Crippen LogP contribution in [0.4, 0.5) is 19.0 Å². The maximum absolute atomic E-state index is 10.6. The van der Waals surface area contributed by atoms with Gasteiger partial charge in [0.15, 0.2) is 0 Å². The number of rotatable bonds is 5. The maximum Gasteiger partial charge on any atom is 0.490 e. The van der Waals surface area contributed by atoms with Crippen LogP contribution in [0.1, 0.15) is 37.5 Å². The molecule has 1 unspecified atom stereocenters. The molecule has 1 aromatic rings. The fraction of sp³-hybridized carbons (Fsp3) is 0.737. The third kappa shape index (κ3) is 7.06. The molecule has 1 aliphatic carbocycles. The molecule has 2 N–H and O–H groups in total. The Bertz CT molecular complexity index is 697. The van der Waals surface area contributed by atoms with E-state index in [-0.39, 0.29) is 6.04 Å². The number of nitrogens with zero attached hydrogens (tertiary/aromatic N) is 3. The van der Waals surface area contributed by atoms with Gasteiger partial charge >= 0.3 is 12.1 Å². The summed E-state index contributed by atoms with van der Waals surface area (Å²) in [5.41, 5.74) is 0. The van der Waals surface area contributed by atoms with Crippen LogP contribution in [-0.2, 0) is 14.3 Å². The van der Waals surface area contributed by atoms with Gasteiger partial charge in [-0.3, -0.25) is 4.90 Å². The molecule has 0 spiro atoms. The standard InChI is InChI=1S/C17H26N4O2.C2HF3O2/c1-2-13(1)11-21-7-10-23-12-15(21)17-18-6-3-16(20-17)19-14-4-8-22-9-5-14;3-2(4,5)1(6)7/h3,6,13-15H,1-2,4-5,7-12H2,(H,18,19,20);(H,6,7). The van der Waals surface area contributed by atoms with E-state index >= 15 is 0 Å². The van der Waals surface area contributed by atoms with E-state index in [0.29, 0.717) is 12.6 Å². The molecule has 168 valence electrons. The summed E-state index contributed by atoms with van der Waals surface area (Å²) in [7, 11) is 0. The number of hydrogen-bond acceptors (Lipinski definition) is 7. The van der Waals surface area contributed by atoms with Gasteiger partial charge in [-0.2, -0.15) is 13.2 Å². The average molecular weight is 432 g/mol. The number of hydrogen-bond donors (Lipinski definition) is 2. The highest BCUT2D eigenvalue weighted by atomic mass is 19.4. The number of aliphatic carboxylic acids is 1. The van der Waals surface area contributed by atoms with Crippen LogP contribution >= 0.6 is 0 Å². The van der Waals surface area contributed by atoms with Crippen molar-refractivity contribution >= 4 is 11.8 Å². The van der Waals surface area contributed by atoms with Gasteiger partial charge in [-0.05, 0) is 37.7 Å². The average Bonchev–Trinajstić information content (AvgIpc) is 3.53. The molecule has 8 nitrogen and oxygen atoms in total. The summed E-state index contributed by atoms with van der Waals surface area (Å²) >= 11 is 0. The van der Waals surface area contributed by atoms with Crippen LogP contribution in [0.2, 0.25) is 0 Å². The highest BCUT2D eigenvalue weighted by Gasteiger charge is 2.38. The van der Waals surface area contributed by atoms with Gasteiger partial charge in [0.2, 0.25) is 0 Å². The zero-order valence-electron chi connectivity index (χ0n) is 16.6. The highest BCUT2D eigenvalue weighted by Crippen LogP contribution is 2.33. The van der Waals surface area contributed by atoms with Crippen molar-refractivity contribution in [1.29, 1.82) is 0 Å². The molecule has 1 aromatic heterocycles. The molecule has 11 heteroatoms. The Morgan fingerprint density at radius 3 is 2.53 bits per heavy atom. The lowest BCUT2D eigenvalue weighted by Crippen LogP contribution is -2.41. The minimum atomic E-state index is -5.08.